The van der Waals surface area contributed by atoms with Crippen LogP contribution in [-0.2, 0) is 0 Å². The molecule has 0 fully saturated rings. The maximum absolute atomic E-state index is 9.57. The van der Waals surface area contributed by atoms with Crippen molar-refractivity contribution in [2.75, 3.05) is 6.61 Å². The number of ether oxygens (including phenoxy) is 1. The van der Waals surface area contributed by atoms with Gasteiger partial charge in [0, 0.05) is 12.0 Å². The van der Waals surface area contributed by atoms with Crippen molar-refractivity contribution in [3.63, 3.8) is 0 Å². The van der Waals surface area contributed by atoms with Crippen LogP contribution < -0.4 is 4.74 Å². The summed E-state index contributed by atoms with van der Waals surface area (Å²) in [5, 5.41) is 18.0. The fourth-order valence-corrected chi connectivity index (χ4v) is 1.45. The van der Waals surface area contributed by atoms with Gasteiger partial charge in [0.05, 0.1) is 18.8 Å². The lowest BCUT2D eigenvalue weighted by Crippen LogP contribution is -2.02. The van der Waals surface area contributed by atoms with E-state index in [0.29, 0.717) is 25.2 Å². The molecule has 0 aliphatic carbocycles. The van der Waals surface area contributed by atoms with Gasteiger partial charge in [0.15, 0.2) is 0 Å². The van der Waals surface area contributed by atoms with Crippen molar-refractivity contribution in [1.29, 1.82) is 5.26 Å². The monoisotopic (exact) mass is 219 g/mol. The zero-order valence-electron chi connectivity index (χ0n) is 9.73. The van der Waals surface area contributed by atoms with Crippen LogP contribution in [0.15, 0.2) is 18.2 Å². The predicted molar refractivity (Wildman–Crippen MR) is 62.2 cm³/mol. The van der Waals surface area contributed by atoms with Gasteiger partial charge in [-0.3, -0.25) is 0 Å². The second kappa shape index (κ2) is 6.14. The number of nitriles is 1. The Bertz CT molecular complexity index is 380. The Morgan fingerprint density at radius 1 is 1.50 bits per heavy atom. The molecule has 1 aromatic rings. The first-order valence-electron chi connectivity index (χ1n) is 5.43. The number of nitrogens with zero attached hydrogens (tertiary/aromatic N) is 1. The highest BCUT2D eigenvalue weighted by atomic mass is 16.5. The van der Waals surface area contributed by atoms with E-state index in [1.807, 2.05) is 25.1 Å². The van der Waals surface area contributed by atoms with Crippen molar-refractivity contribution < 1.29 is 9.84 Å². The van der Waals surface area contributed by atoms with E-state index in [4.69, 9.17) is 10.00 Å². The number of hydrogen-bond donors (Lipinski definition) is 1. The molecule has 1 unspecified atom stereocenters. The molecule has 0 heterocycles. The summed E-state index contributed by atoms with van der Waals surface area (Å²) in [6.07, 6.45) is 0.672. The third kappa shape index (κ3) is 3.56. The van der Waals surface area contributed by atoms with E-state index in [-0.39, 0.29) is 0 Å². The third-order valence-electron chi connectivity index (χ3n) is 2.31. The summed E-state index contributed by atoms with van der Waals surface area (Å²) in [6.45, 7) is 4.21. The second-order valence-electron chi connectivity index (χ2n) is 3.83. The van der Waals surface area contributed by atoms with Crippen molar-refractivity contribution in [2.24, 2.45) is 0 Å². The molecule has 0 radical (unpaired) electrons. The number of hydrogen-bond acceptors (Lipinski definition) is 3. The molecule has 3 heteroatoms. The van der Waals surface area contributed by atoms with Gasteiger partial charge in [-0.25, -0.2) is 0 Å². The second-order valence-corrected chi connectivity index (χ2v) is 3.83. The standard InChI is InChI=1S/C13H17NO2/c1-10-5-6-12(11(2)15)13(9-10)16-8-4-3-7-14/h5-6,9,11,15H,3-4,8H2,1-2H3. The predicted octanol–water partition coefficient (Wildman–Crippen LogP) is 2.73. The zero-order chi connectivity index (χ0) is 12.0. The van der Waals surface area contributed by atoms with E-state index in [2.05, 4.69) is 6.07 Å². The molecule has 0 saturated heterocycles. The molecule has 3 nitrogen and oxygen atoms in total. The largest absolute Gasteiger partial charge is 0.493 e. The third-order valence-corrected chi connectivity index (χ3v) is 2.31. The maximum Gasteiger partial charge on any atom is 0.125 e. The molecule has 1 N–H and O–H groups in total. The van der Waals surface area contributed by atoms with Crippen molar-refractivity contribution in [1.82, 2.24) is 0 Å². The van der Waals surface area contributed by atoms with Crippen molar-refractivity contribution in [2.45, 2.75) is 32.8 Å². The molecule has 0 amide bonds. The molecule has 0 aromatic heterocycles. The summed E-state index contributed by atoms with van der Waals surface area (Å²) in [5.41, 5.74) is 1.89. The molecule has 0 aliphatic heterocycles. The zero-order valence-corrected chi connectivity index (χ0v) is 9.73. The van der Waals surface area contributed by atoms with Gasteiger partial charge in [0.2, 0.25) is 0 Å². The first kappa shape index (κ1) is 12.5. The van der Waals surface area contributed by atoms with Gasteiger partial charge in [0.1, 0.15) is 5.75 Å². The fourth-order valence-electron chi connectivity index (χ4n) is 1.45. The van der Waals surface area contributed by atoms with Gasteiger partial charge in [0.25, 0.3) is 0 Å². The lowest BCUT2D eigenvalue weighted by molar-refractivity contribution is 0.191. The van der Waals surface area contributed by atoms with Gasteiger partial charge in [-0.05, 0) is 31.9 Å². The first-order chi connectivity index (χ1) is 7.65. The molecule has 0 aliphatic rings. The summed E-state index contributed by atoms with van der Waals surface area (Å²) in [4.78, 5) is 0. The quantitative estimate of drug-likeness (QED) is 0.775. The molecule has 0 saturated carbocycles. The van der Waals surface area contributed by atoms with E-state index in [1.165, 1.54) is 0 Å². The number of rotatable bonds is 5. The average Bonchev–Trinajstić information content (AvgIpc) is 2.24. The molecule has 1 rings (SSSR count). The number of aliphatic hydroxyl groups is 1. The van der Waals surface area contributed by atoms with Crippen LogP contribution >= 0.6 is 0 Å². The molecule has 1 aromatic carbocycles. The average molecular weight is 219 g/mol. The van der Waals surface area contributed by atoms with Gasteiger partial charge in [-0.2, -0.15) is 5.26 Å². The lowest BCUT2D eigenvalue weighted by atomic mass is 10.1. The van der Waals surface area contributed by atoms with Crippen LogP contribution in [0.3, 0.4) is 0 Å². The molecule has 86 valence electrons. The van der Waals surface area contributed by atoms with E-state index in [1.54, 1.807) is 6.92 Å². The van der Waals surface area contributed by atoms with Crippen LogP contribution in [0.25, 0.3) is 0 Å². The number of aliphatic hydroxyl groups excluding tert-OH is 1. The first-order valence-corrected chi connectivity index (χ1v) is 5.43. The Morgan fingerprint density at radius 3 is 2.88 bits per heavy atom. The Labute approximate surface area is 96.3 Å². The van der Waals surface area contributed by atoms with Crippen LogP contribution in [0.4, 0.5) is 0 Å². The van der Waals surface area contributed by atoms with Crippen LogP contribution in [-0.4, -0.2) is 11.7 Å². The number of aryl methyl sites for hydroxylation is 1. The smallest absolute Gasteiger partial charge is 0.125 e. The van der Waals surface area contributed by atoms with E-state index in [9.17, 15) is 5.11 Å². The Morgan fingerprint density at radius 2 is 2.25 bits per heavy atom. The highest BCUT2D eigenvalue weighted by Gasteiger charge is 2.08. The minimum atomic E-state index is -0.536. The van der Waals surface area contributed by atoms with Crippen LogP contribution in [0.2, 0.25) is 0 Å². The van der Waals surface area contributed by atoms with Gasteiger partial charge in [-0.1, -0.05) is 12.1 Å². The van der Waals surface area contributed by atoms with Crippen molar-refractivity contribution >= 4 is 0 Å². The highest BCUT2D eigenvalue weighted by molar-refractivity contribution is 5.38. The SMILES string of the molecule is Cc1ccc(C(C)O)c(OCCCC#N)c1. The molecule has 1 atom stereocenters. The fraction of sp³-hybridized carbons (Fsp3) is 0.462. The Balaban J connectivity index is 2.69. The topological polar surface area (TPSA) is 53.2 Å². The summed E-state index contributed by atoms with van der Waals surface area (Å²) in [5.74, 6) is 0.716. The number of unbranched alkanes of at least 4 members (excludes halogenated alkanes) is 1. The normalized spacial score (nSPS) is 11.9. The van der Waals surface area contributed by atoms with E-state index < -0.39 is 6.10 Å². The van der Waals surface area contributed by atoms with Crippen LogP contribution in [0.5, 0.6) is 5.75 Å². The molecular formula is C13H17NO2. The molecule has 0 spiro atoms. The minimum Gasteiger partial charge on any atom is -0.493 e. The lowest BCUT2D eigenvalue weighted by Gasteiger charge is -2.13. The summed E-state index contributed by atoms with van der Waals surface area (Å²) in [7, 11) is 0. The minimum absolute atomic E-state index is 0.496. The molecule has 16 heavy (non-hydrogen) atoms. The summed E-state index contributed by atoms with van der Waals surface area (Å²) < 4.78 is 5.57. The van der Waals surface area contributed by atoms with Gasteiger partial charge >= 0.3 is 0 Å². The van der Waals surface area contributed by atoms with E-state index in [0.717, 1.165) is 11.1 Å². The Hall–Kier alpha value is -1.53. The van der Waals surface area contributed by atoms with Crippen molar-refractivity contribution in [3.05, 3.63) is 29.3 Å². The summed E-state index contributed by atoms with van der Waals surface area (Å²) >= 11 is 0. The Kier molecular flexibility index (Phi) is 4.81. The number of benzene rings is 1. The molecular weight excluding hydrogens is 202 g/mol. The van der Waals surface area contributed by atoms with Crippen molar-refractivity contribution in [3.8, 4) is 11.8 Å². The summed E-state index contributed by atoms with van der Waals surface area (Å²) in [6, 6.07) is 7.81. The highest BCUT2D eigenvalue weighted by Crippen LogP contribution is 2.26. The van der Waals surface area contributed by atoms with Gasteiger partial charge in [-0.15, -0.1) is 0 Å². The van der Waals surface area contributed by atoms with Crippen LogP contribution in [0, 0.1) is 18.3 Å². The maximum atomic E-state index is 9.57. The van der Waals surface area contributed by atoms with E-state index >= 15 is 0 Å². The van der Waals surface area contributed by atoms with Crippen LogP contribution in [0.1, 0.15) is 37.0 Å². The van der Waals surface area contributed by atoms with Gasteiger partial charge < -0.3 is 9.84 Å². The molecule has 0 bridgehead atoms.